The number of nitrogens with zero attached hydrogens (tertiary/aromatic N) is 4. The van der Waals surface area contributed by atoms with Gasteiger partial charge in [-0.25, -0.2) is 0 Å². The number of carbonyl (C=O) groups excluding carboxylic acids is 1. The minimum Gasteiger partial charge on any atom is -0.342 e. The van der Waals surface area contributed by atoms with Crippen molar-refractivity contribution in [3.05, 3.63) is 30.3 Å². The first-order valence-corrected chi connectivity index (χ1v) is 7.45. The highest BCUT2D eigenvalue weighted by atomic mass is 16.5. The van der Waals surface area contributed by atoms with Crippen molar-refractivity contribution in [2.24, 2.45) is 0 Å². The molecular weight excluding hydrogens is 282 g/mol. The zero-order valence-corrected chi connectivity index (χ0v) is 12.5. The van der Waals surface area contributed by atoms with E-state index in [1.165, 1.54) is 0 Å². The van der Waals surface area contributed by atoms with Crippen molar-refractivity contribution in [3.8, 4) is 11.5 Å². The Balaban J connectivity index is 1.63. The van der Waals surface area contributed by atoms with E-state index in [0.717, 1.165) is 25.9 Å². The molecule has 1 aliphatic rings. The van der Waals surface area contributed by atoms with Crippen LogP contribution in [0.1, 0.15) is 24.7 Å². The van der Waals surface area contributed by atoms with Crippen LogP contribution < -0.4 is 5.32 Å². The molecule has 116 valence electrons. The molecule has 0 unspecified atom stereocenters. The normalized spacial score (nSPS) is 16.0. The first-order chi connectivity index (χ1) is 10.8. The van der Waals surface area contributed by atoms with Crippen molar-refractivity contribution in [1.29, 1.82) is 0 Å². The summed E-state index contributed by atoms with van der Waals surface area (Å²) in [7, 11) is 1.78. The van der Waals surface area contributed by atoms with Gasteiger partial charge in [0.2, 0.25) is 17.6 Å². The van der Waals surface area contributed by atoms with E-state index in [1.807, 2.05) is 23.1 Å². The van der Waals surface area contributed by atoms with Gasteiger partial charge in [-0.2, -0.15) is 4.98 Å². The third kappa shape index (κ3) is 3.14. The van der Waals surface area contributed by atoms with Crippen LogP contribution in [0.4, 0.5) is 0 Å². The van der Waals surface area contributed by atoms with Crippen LogP contribution >= 0.6 is 0 Å². The largest absolute Gasteiger partial charge is 0.342 e. The molecule has 3 heterocycles. The van der Waals surface area contributed by atoms with Crippen LogP contribution in [0.15, 0.2) is 28.9 Å². The summed E-state index contributed by atoms with van der Waals surface area (Å²) in [5.41, 5.74) is 0.708. The molecule has 0 radical (unpaired) electrons. The molecule has 22 heavy (non-hydrogen) atoms. The second kappa shape index (κ2) is 6.65. The highest BCUT2D eigenvalue weighted by Crippen LogP contribution is 2.28. The highest BCUT2D eigenvalue weighted by molar-refractivity contribution is 5.78. The van der Waals surface area contributed by atoms with Crippen LogP contribution in [0, 0.1) is 0 Å². The van der Waals surface area contributed by atoms with Crippen LogP contribution in [0.5, 0.6) is 0 Å². The average Bonchev–Trinajstić information content (AvgIpc) is 3.06. The number of amides is 1. The quantitative estimate of drug-likeness (QED) is 0.909. The number of likely N-dealkylation sites (N-methyl/N-ethyl adjacent to an activating group) is 1. The van der Waals surface area contributed by atoms with Crippen LogP contribution in [0.25, 0.3) is 11.5 Å². The Bertz CT molecular complexity index is 620. The number of nitrogens with one attached hydrogen (secondary N) is 1. The van der Waals surface area contributed by atoms with Gasteiger partial charge in [-0.05, 0) is 32.0 Å². The summed E-state index contributed by atoms with van der Waals surface area (Å²) in [6.07, 6.45) is 3.40. The molecule has 0 spiro atoms. The fourth-order valence-electron chi connectivity index (χ4n) is 2.64. The first kappa shape index (κ1) is 14.6. The molecule has 0 saturated carbocycles. The lowest BCUT2D eigenvalue weighted by Crippen LogP contribution is -2.41. The second-order valence-electron chi connectivity index (χ2n) is 5.36. The number of pyridine rings is 1. The van der Waals surface area contributed by atoms with E-state index in [4.69, 9.17) is 4.52 Å². The molecule has 1 N–H and O–H groups in total. The Kier molecular flexibility index (Phi) is 4.43. The minimum atomic E-state index is 0.139. The third-order valence-electron chi connectivity index (χ3n) is 3.86. The molecule has 1 fully saturated rings. The maximum atomic E-state index is 11.8. The number of aromatic nitrogens is 3. The van der Waals surface area contributed by atoms with Crippen molar-refractivity contribution in [3.63, 3.8) is 0 Å². The first-order valence-electron chi connectivity index (χ1n) is 7.45. The summed E-state index contributed by atoms with van der Waals surface area (Å²) in [6.45, 7) is 1.84. The van der Waals surface area contributed by atoms with Crippen molar-refractivity contribution >= 4 is 5.91 Å². The Morgan fingerprint density at radius 3 is 2.91 bits per heavy atom. The maximum absolute atomic E-state index is 11.8. The average molecular weight is 301 g/mol. The van der Waals surface area contributed by atoms with Gasteiger partial charge in [0, 0.05) is 25.2 Å². The third-order valence-corrected chi connectivity index (χ3v) is 3.86. The zero-order valence-electron chi connectivity index (χ0n) is 12.5. The molecule has 0 atom stereocenters. The number of piperidine rings is 1. The van der Waals surface area contributed by atoms with E-state index in [0.29, 0.717) is 24.0 Å². The van der Waals surface area contributed by atoms with Gasteiger partial charge in [-0.15, -0.1) is 0 Å². The van der Waals surface area contributed by atoms with Crippen LogP contribution in [-0.2, 0) is 4.79 Å². The lowest BCUT2D eigenvalue weighted by atomic mass is 9.97. The number of likely N-dealkylation sites (tertiary alicyclic amines) is 1. The van der Waals surface area contributed by atoms with Crippen molar-refractivity contribution in [1.82, 2.24) is 25.3 Å². The standard InChI is InChI=1S/C15H19N5O2/c1-16-10-13(21)20-8-5-11(6-9-20)15-18-14(19-22-15)12-4-2-3-7-17-12/h2-4,7,11,16H,5-6,8-10H2,1H3. The fourth-order valence-corrected chi connectivity index (χ4v) is 2.64. The van der Waals surface area contributed by atoms with Crippen LogP contribution in [-0.4, -0.2) is 52.6 Å². The molecule has 1 saturated heterocycles. The minimum absolute atomic E-state index is 0.139. The van der Waals surface area contributed by atoms with Crippen molar-refractivity contribution < 1.29 is 9.32 Å². The van der Waals surface area contributed by atoms with Gasteiger partial charge < -0.3 is 14.7 Å². The van der Waals surface area contributed by atoms with E-state index in [9.17, 15) is 4.79 Å². The van der Waals surface area contributed by atoms with Crippen LogP contribution in [0.3, 0.4) is 0 Å². The van der Waals surface area contributed by atoms with Gasteiger partial charge in [0.15, 0.2) is 0 Å². The summed E-state index contributed by atoms with van der Waals surface area (Å²) >= 11 is 0. The molecule has 2 aromatic rings. The number of hydrogen-bond donors (Lipinski definition) is 1. The molecule has 7 nitrogen and oxygen atoms in total. The van der Waals surface area contributed by atoms with E-state index >= 15 is 0 Å². The summed E-state index contributed by atoms with van der Waals surface area (Å²) in [6, 6.07) is 5.60. The number of hydrogen-bond acceptors (Lipinski definition) is 6. The molecule has 3 rings (SSSR count). The summed E-state index contributed by atoms with van der Waals surface area (Å²) in [4.78, 5) is 22.4. The smallest absolute Gasteiger partial charge is 0.236 e. The van der Waals surface area contributed by atoms with Crippen molar-refractivity contribution in [2.75, 3.05) is 26.7 Å². The van der Waals surface area contributed by atoms with E-state index in [1.54, 1.807) is 13.2 Å². The Labute approximate surface area is 128 Å². The molecule has 0 aromatic carbocycles. The van der Waals surface area contributed by atoms with Gasteiger partial charge in [-0.1, -0.05) is 11.2 Å². The topological polar surface area (TPSA) is 84.2 Å². The summed E-state index contributed by atoms with van der Waals surface area (Å²) in [5, 5.41) is 6.90. The SMILES string of the molecule is CNCC(=O)N1CCC(c2nc(-c3ccccn3)no2)CC1. The van der Waals surface area contributed by atoms with E-state index in [2.05, 4.69) is 20.4 Å². The number of carbonyl (C=O) groups is 1. The van der Waals surface area contributed by atoms with Gasteiger partial charge in [0.1, 0.15) is 5.69 Å². The second-order valence-corrected chi connectivity index (χ2v) is 5.36. The molecular formula is C15H19N5O2. The Hall–Kier alpha value is -2.28. The molecule has 0 bridgehead atoms. The monoisotopic (exact) mass is 301 g/mol. The Morgan fingerprint density at radius 2 is 2.23 bits per heavy atom. The van der Waals surface area contributed by atoms with E-state index in [-0.39, 0.29) is 11.8 Å². The Morgan fingerprint density at radius 1 is 1.41 bits per heavy atom. The molecule has 1 aliphatic heterocycles. The summed E-state index contributed by atoms with van der Waals surface area (Å²) < 4.78 is 5.38. The van der Waals surface area contributed by atoms with Gasteiger partial charge in [0.05, 0.1) is 6.54 Å². The lowest BCUT2D eigenvalue weighted by Gasteiger charge is -2.30. The summed E-state index contributed by atoms with van der Waals surface area (Å²) in [5.74, 6) is 1.51. The van der Waals surface area contributed by atoms with Gasteiger partial charge in [0.25, 0.3) is 0 Å². The predicted molar refractivity (Wildman–Crippen MR) is 80.0 cm³/mol. The van der Waals surface area contributed by atoms with E-state index < -0.39 is 0 Å². The molecule has 1 amide bonds. The highest BCUT2D eigenvalue weighted by Gasteiger charge is 2.27. The zero-order chi connectivity index (χ0) is 15.4. The molecule has 2 aromatic heterocycles. The van der Waals surface area contributed by atoms with Gasteiger partial charge in [-0.3, -0.25) is 9.78 Å². The van der Waals surface area contributed by atoms with Crippen LogP contribution in [0.2, 0.25) is 0 Å². The fraction of sp³-hybridized carbons (Fsp3) is 0.467. The maximum Gasteiger partial charge on any atom is 0.236 e. The molecule has 0 aliphatic carbocycles. The molecule has 7 heteroatoms. The predicted octanol–water partition coefficient (Wildman–Crippen LogP) is 1.06. The number of rotatable bonds is 4. The lowest BCUT2D eigenvalue weighted by molar-refractivity contribution is -0.131. The van der Waals surface area contributed by atoms with Crippen molar-refractivity contribution in [2.45, 2.75) is 18.8 Å². The van der Waals surface area contributed by atoms with Gasteiger partial charge >= 0.3 is 0 Å².